The van der Waals surface area contributed by atoms with Crippen molar-refractivity contribution in [3.8, 4) is 5.75 Å². The summed E-state index contributed by atoms with van der Waals surface area (Å²) in [5, 5.41) is 5.92. The summed E-state index contributed by atoms with van der Waals surface area (Å²) in [4.78, 5) is 11.8. The highest BCUT2D eigenvalue weighted by Crippen LogP contribution is 2.17. The average Bonchev–Trinajstić information content (AvgIpc) is 2.39. The molecule has 0 radical (unpaired) electrons. The van der Waals surface area contributed by atoms with Crippen molar-refractivity contribution in [1.29, 1.82) is 0 Å². The van der Waals surface area contributed by atoms with Crippen LogP contribution < -0.4 is 15.4 Å². The monoisotopic (exact) mass is 266 g/mol. The van der Waals surface area contributed by atoms with Gasteiger partial charge in [-0.25, -0.2) is 0 Å². The van der Waals surface area contributed by atoms with Gasteiger partial charge in [0.1, 0.15) is 11.8 Å². The van der Waals surface area contributed by atoms with Gasteiger partial charge < -0.3 is 20.1 Å². The van der Waals surface area contributed by atoms with Crippen molar-refractivity contribution in [2.45, 2.75) is 19.9 Å². The van der Waals surface area contributed by atoms with Gasteiger partial charge in [-0.15, -0.1) is 0 Å². The quantitative estimate of drug-likeness (QED) is 0.702. The Morgan fingerprint density at radius 1 is 1.42 bits per heavy atom. The molecule has 1 unspecified atom stereocenters. The molecule has 0 saturated heterocycles. The minimum absolute atomic E-state index is 0.0566. The third-order valence-corrected chi connectivity index (χ3v) is 2.53. The van der Waals surface area contributed by atoms with E-state index in [0.717, 1.165) is 11.4 Å². The summed E-state index contributed by atoms with van der Waals surface area (Å²) in [7, 11) is 1.60. The van der Waals surface area contributed by atoms with Gasteiger partial charge in [0.05, 0.1) is 13.2 Å². The molecule has 0 fully saturated rings. The maximum absolute atomic E-state index is 11.8. The Labute approximate surface area is 114 Å². The number of hydrogen-bond donors (Lipinski definition) is 2. The Morgan fingerprint density at radius 3 is 2.89 bits per heavy atom. The van der Waals surface area contributed by atoms with E-state index in [2.05, 4.69) is 10.6 Å². The third-order valence-electron chi connectivity index (χ3n) is 2.53. The summed E-state index contributed by atoms with van der Waals surface area (Å²) in [5.41, 5.74) is 0.861. The fourth-order valence-electron chi connectivity index (χ4n) is 1.59. The average molecular weight is 266 g/mol. The Bertz CT molecular complexity index is 396. The zero-order valence-electron chi connectivity index (χ0n) is 11.7. The molecule has 0 aliphatic rings. The predicted molar refractivity (Wildman–Crippen MR) is 75.6 cm³/mol. The highest BCUT2D eigenvalue weighted by Gasteiger charge is 2.11. The number of benzene rings is 1. The molecule has 1 aromatic carbocycles. The van der Waals surface area contributed by atoms with Crippen LogP contribution in [0, 0.1) is 0 Å². The maximum atomic E-state index is 11.8. The van der Waals surface area contributed by atoms with Crippen LogP contribution in [0.15, 0.2) is 24.3 Å². The third kappa shape index (κ3) is 5.61. The molecule has 106 valence electrons. The lowest BCUT2D eigenvalue weighted by Gasteiger charge is -2.15. The van der Waals surface area contributed by atoms with E-state index in [0.29, 0.717) is 19.8 Å². The van der Waals surface area contributed by atoms with E-state index in [1.807, 2.05) is 38.1 Å². The first-order valence-corrected chi connectivity index (χ1v) is 6.43. The van der Waals surface area contributed by atoms with Crippen LogP contribution in [0.1, 0.15) is 13.8 Å². The Hall–Kier alpha value is -1.75. The Balaban J connectivity index is 2.48. The van der Waals surface area contributed by atoms with Crippen molar-refractivity contribution in [2.24, 2.45) is 0 Å². The number of carbonyl (C=O) groups is 1. The maximum Gasteiger partial charge on any atom is 0.242 e. The molecule has 0 bridgehead atoms. The molecule has 0 heterocycles. The number of anilines is 1. The van der Waals surface area contributed by atoms with Crippen molar-refractivity contribution < 1.29 is 14.3 Å². The molecule has 19 heavy (non-hydrogen) atoms. The second-order valence-corrected chi connectivity index (χ2v) is 4.11. The van der Waals surface area contributed by atoms with Crippen molar-refractivity contribution in [2.75, 3.05) is 32.2 Å². The Morgan fingerprint density at radius 2 is 2.21 bits per heavy atom. The summed E-state index contributed by atoms with van der Waals surface area (Å²) in [6.45, 7) is 5.40. The van der Waals surface area contributed by atoms with E-state index in [1.165, 1.54) is 0 Å². The molecular weight excluding hydrogens is 244 g/mol. The molecule has 1 atom stereocenters. The van der Waals surface area contributed by atoms with E-state index >= 15 is 0 Å². The van der Waals surface area contributed by atoms with Gasteiger partial charge in [-0.2, -0.15) is 0 Å². The van der Waals surface area contributed by atoms with Crippen molar-refractivity contribution in [3.63, 3.8) is 0 Å². The smallest absolute Gasteiger partial charge is 0.242 e. The van der Waals surface area contributed by atoms with Gasteiger partial charge in [0, 0.05) is 25.4 Å². The van der Waals surface area contributed by atoms with E-state index in [1.54, 1.807) is 7.11 Å². The van der Waals surface area contributed by atoms with E-state index in [9.17, 15) is 4.79 Å². The lowest BCUT2D eigenvalue weighted by Crippen LogP contribution is -2.39. The van der Waals surface area contributed by atoms with E-state index in [-0.39, 0.29) is 11.9 Å². The molecule has 5 nitrogen and oxygen atoms in total. The first kappa shape index (κ1) is 15.3. The molecule has 1 amide bonds. The summed E-state index contributed by atoms with van der Waals surface area (Å²) < 4.78 is 10.3. The fraction of sp³-hybridized carbons (Fsp3) is 0.500. The van der Waals surface area contributed by atoms with Gasteiger partial charge in [0.15, 0.2) is 0 Å². The van der Waals surface area contributed by atoms with Crippen LogP contribution in [0.3, 0.4) is 0 Å². The molecule has 0 aliphatic carbocycles. The van der Waals surface area contributed by atoms with Crippen LogP contribution in [0.25, 0.3) is 0 Å². The molecule has 0 spiro atoms. The summed E-state index contributed by atoms with van der Waals surface area (Å²) in [5.74, 6) is 0.735. The normalized spacial score (nSPS) is 11.7. The lowest BCUT2D eigenvalue weighted by molar-refractivity contribution is -0.121. The highest BCUT2D eigenvalue weighted by atomic mass is 16.5. The zero-order valence-corrected chi connectivity index (χ0v) is 11.7. The molecule has 0 aromatic heterocycles. The number of rotatable bonds is 8. The summed E-state index contributed by atoms with van der Waals surface area (Å²) in [6, 6.07) is 7.25. The van der Waals surface area contributed by atoms with Crippen LogP contribution >= 0.6 is 0 Å². The largest absolute Gasteiger partial charge is 0.494 e. The first-order valence-electron chi connectivity index (χ1n) is 6.43. The number of amides is 1. The van der Waals surface area contributed by atoms with Crippen molar-refractivity contribution in [3.05, 3.63) is 24.3 Å². The first-order chi connectivity index (χ1) is 9.17. The summed E-state index contributed by atoms with van der Waals surface area (Å²) in [6.07, 6.45) is 0. The van der Waals surface area contributed by atoms with Crippen LogP contribution in [-0.2, 0) is 9.53 Å². The van der Waals surface area contributed by atoms with Crippen LogP contribution in [0.4, 0.5) is 5.69 Å². The zero-order chi connectivity index (χ0) is 14.1. The number of methoxy groups -OCH3 is 1. The molecular formula is C14H22N2O3. The van der Waals surface area contributed by atoms with Crippen LogP contribution in [0.2, 0.25) is 0 Å². The van der Waals surface area contributed by atoms with Crippen molar-refractivity contribution in [1.82, 2.24) is 5.32 Å². The van der Waals surface area contributed by atoms with Crippen LogP contribution in [-0.4, -0.2) is 38.8 Å². The number of ether oxygens (including phenoxy) is 2. The second kappa shape index (κ2) is 8.37. The second-order valence-electron chi connectivity index (χ2n) is 4.11. The van der Waals surface area contributed by atoms with E-state index < -0.39 is 0 Å². The Kier molecular flexibility index (Phi) is 6.74. The topological polar surface area (TPSA) is 59.6 Å². The number of nitrogens with one attached hydrogen (secondary N) is 2. The lowest BCUT2D eigenvalue weighted by atomic mass is 10.2. The van der Waals surface area contributed by atoms with Gasteiger partial charge in [0.25, 0.3) is 0 Å². The minimum atomic E-state index is -0.311. The molecule has 5 heteroatoms. The predicted octanol–water partition coefficient (Wildman–Crippen LogP) is 1.65. The number of carbonyl (C=O) groups excluding carboxylic acids is 1. The molecule has 1 rings (SSSR count). The fourth-order valence-corrected chi connectivity index (χ4v) is 1.59. The molecule has 0 saturated carbocycles. The molecule has 1 aromatic rings. The molecule has 2 N–H and O–H groups in total. The van der Waals surface area contributed by atoms with E-state index in [4.69, 9.17) is 9.47 Å². The van der Waals surface area contributed by atoms with Gasteiger partial charge in [0.2, 0.25) is 5.91 Å². The van der Waals surface area contributed by atoms with Gasteiger partial charge in [-0.3, -0.25) is 4.79 Å². The van der Waals surface area contributed by atoms with Crippen LogP contribution in [0.5, 0.6) is 5.75 Å². The van der Waals surface area contributed by atoms with Gasteiger partial charge in [-0.05, 0) is 26.0 Å². The number of hydrogen-bond acceptors (Lipinski definition) is 4. The van der Waals surface area contributed by atoms with Crippen molar-refractivity contribution >= 4 is 11.6 Å². The van der Waals surface area contributed by atoms with Gasteiger partial charge >= 0.3 is 0 Å². The minimum Gasteiger partial charge on any atom is -0.494 e. The highest BCUT2D eigenvalue weighted by molar-refractivity contribution is 5.84. The van der Waals surface area contributed by atoms with Gasteiger partial charge in [-0.1, -0.05) is 6.07 Å². The summed E-state index contributed by atoms with van der Waals surface area (Å²) >= 11 is 0. The standard InChI is InChI=1S/C14H22N2O3/c1-4-19-13-7-5-6-12(10-13)16-11(2)14(17)15-8-9-18-3/h5-7,10-11,16H,4,8-9H2,1-3H3,(H,15,17). The molecule has 0 aliphatic heterocycles. The SMILES string of the molecule is CCOc1cccc(NC(C)C(=O)NCCOC)c1.